The van der Waals surface area contributed by atoms with Crippen molar-refractivity contribution >= 4 is 0 Å². The molecule has 0 aromatic heterocycles. The molecule has 3 aliphatic rings. The molecule has 0 spiro atoms. The minimum atomic E-state index is 0.694. The summed E-state index contributed by atoms with van der Waals surface area (Å²) in [4.78, 5) is 0. The Balaban J connectivity index is 1.66. The first kappa shape index (κ1) is 11.1. The zero-order chi connectivity index (χ0) is 11.2. The Kier molecular flexibility index (Phi) is 2.78. The van der Waals surface area contributed by atoms with Crippen LogP contribution < -0.4 is 5.32 Å². The van der Waals surface area contributed by atoms with Crippen molar-refractivity contribution in [3.63, 3.8) is 0 Å². The number of nitrogens with one attached hydrogen (secondary N) is 1. The lowest BCUT2D eigenvalue weighted by Crippen LogP contribution is -2.40. The van der Waals surface area contributed by atoms with Gasteiger partial charge in [0.05, 0.1) is 0 Å². The quantitative estimate of drug-likeness (QED) is 0.748. The maximum atomic E-state index is 3.83. The van der Waals surface area contributed by atoms with E-state index in [0.717, 1.165) is 23.8 Å². The standard InChI is InChI=1S/C15H27N/c1-11(2)8-15(10-16-14-5-6-14)9-12-3-4-13(15)7-12/h11-14,16H,3-10H2,1-2H3. The molecule has 3 saturated carbocycles. The van der Waals surface area contributed by atoms with Crippen molar-refractivity contribution in [2.45, 2.75) is 64.8 Å². The van der Waals surface area contributed by atoms with Gasteiger partial charge in [-0.1, -0.05) is 20.3 Å². The topological polar surface area (TPSA) is 12.0 Å². The van der Waals surface area contributed by atoms with E-state index in [2.05, 4.69) is 19.2 Å². The summed E-state index contributed by atoms with van der Waals surface area (Å²) in [6.07, 6.45) is 10.5. The summed E-state index contributed by atoms with van der Waals surface area (Å²) in [6, 6.07) is 0.892. The van der Waals surface area contributed by atoms with Gasteiger partial charge < -0.3 is 5.32 Å². The van der Waals surface area contributed by atoms with Crippen molar-refractivity contribution < 1.29 is 0 Å². The first-order valence-electron chi connectivity index (χ1n) is 7.41. The predicted molar refractivity (Wildman–Crippen MR) is 68.4 cm³/mol. The number of fused-ring (bicyclic) bond motifs is 2. The van der Waals surface area contributed by atoms with E-state index in [1.54, 1.807) is 6.42 Å². The monoisotopic (exact) mass is 221 g/mol. The Morgan fingerprint density at radius 3 is 2.50 bits per heavy atom. The van der Waals surface area contributed by atoms with E-state index in [1.807, 2.05) is 0 Å². The smallest absolute Gasteiger partial charge is 0.00684 e. The van der Waals surface area contributed by atoms with Crippen molar-refractivity contribution in [3.8, 4) is 0 Å². The van der Waals surface area contributed by atoms with Crippen LogP contribution in [-0.2, 0) is 0 Å². The molecule has 3 rings (SSSR count). The normalized spacial score (nSPS) is 42.2. The maximum absolute atomic E-state index is 3.83. The lowest BCUT2D eigenvalue weighted by molar-refractivity contribution is 0.122. The molecule has 0 aliphatic heterocycles. The fraction of sp³-hybridized carbons (Fsp3) is 1.00. The Bertz CT molecular complexity index is 256. The molecule has 3 aliphatic carbocycles. The van der Waals surface area contributed by atoms with Crippen molar-refractivity contribution in [2.75, 3.05) is 6.54 Å². The van der Waals surface area contributed by atoms with Gasteiger partial charge in [0.15, 0.2) is 0 Å². The molecule has 0 saturated heterocycles. The van der Waals surface area contributed by atoms with Gasteiger partial charge in [-0.15, -0.1) is 0 Å². The zero-order valence-corrected chi connectivity index (χ0v) is 11.0. The highest BCUT2D eigenvalue weighted by molar-refractivity contribution is 5.02. The molecule has 0 aromatic carbocycles. The molecule has 0 radical (unpaired) electrons. The molecular weight excluding hydrogens is 194 g/mol. The predicted octanol–water partition coefficient (Wildman–Crippen LogP) is 3.59. The van der Waals surface area contributed by atoms with Crippen LogP contribution in [0.4, 0.5) is 0 Å². The lowest BCUT2D eigenvalue weighted by Gasteiger charge is -2.39. The second-order valence-electron chi connectivity index (χ2n) is 7.20. The largest absolute Gasteiger partial charge is 0.313 e. The highest BCUT2D eigenvalue weighted by Crippen LogP contribution is 2.58. The summed E-state index contributed by atoms with van der Waals surface area (Å²) in [5, 5.41) is 3.83. The van der Waals surface area contributed by atoms with Crippen molar-refractivity contribution in [3.05, 3.63) is 0 Å². The number of hydrogen-bond donors (Lipinski definition) is 1. The molecule has 3 fully saturated rings. The molecule has 1 heteroatoms. The maximum Gasteiger partial charge on any atom is 0.00684 e. The molecule has 2 bridgehead atoms. The van der Waals surface area contributed by atoms with Crippen LogP contribution in [-0.4, -0.2) is 12.6 Å². The summed E-state index contributed by atoms with van der Waals surface area (Å²) in [5.74, 6) is 3.02. The second kappa shape index (κ2) is 4.01. The van der Waals surface area contributed by atoms with Crippen LogP contribution in [0.25, 0.3) is 0 Å². The van der Waals surface area contributed by atoms with Gasteiger partial charge in [-0.2, -0.15) is 0 Å². The molecule has 3 unspecified atom stereocenters. The SMILES string of the molecule is CC(C)CC1(CNC2CC2)CC2CCC1C2. The van der Waals surface area contributed by atoms with E-state index >= 15 is 0 Å². The second-order valence-corrected chi connectivity index (χ2v) is 7.20. The Hall–Kier alpha value is -0.0400. The first-order valence-corrected chi connectivity index (χ1v) is 7.41. The Labute approximate surface area is 100 Å². The fourth-order valence-corrected chi connectivity index (χ4v) is 4.54. The van der Waals surface area contributed by atoms with Crippen LogP contribution >= 0.6 is 0 Å². The molecule has 0 heterocycles. The zero-order valence-electron chi connectivity index (χ0n) is 11.0. The molecule has 3 atom stereocenters. The number of hydrogen-bond acceptors (Lipinski definition) is 1. The molecule has 16 heavy (non-hydrogen) atoms. The van der Waals surface area contributed by atoms with Crippen LogP contribution in [0.1, 0.15) is 58.8 Å². The highest BCUT2D eigenvalue weighted by atomic mass is 15.0. The van der Waals surface area contributed by atoms with Crippen LogP contribution in [0.15, 0.2) is 0 Å². The third kappa shape index (κ3) is 2.03. The molecule has 1 N–H and O–H groups in total. The Morgan fingerprint density at radius 2 is 2.00 bits per heavy atom. The van der Waals surface area contributed by atoms with E-state index in [9.17, 15) is 0 Å². The van der Waals surface area contributed by atoms with E-state index < -0.39 is 0 Å². The molecular formula is C15H27N. The number of rotatable bonds is 5. The summed E-state index contributed by atoms with van der Waals surface area (Å²) in [7, 11) is 0. The average molecular weight is 221 g/mol. The van der Waals surface area contributed by atoms with Gasteiger partial charge in [0, 0.05) is 12.6 Å². The van der Waals surface area contributed by atoms with Gasteiger partial charge in [0.2, 0.25) is 0 Å². The molecule has 92 valence electrons. The van der Waals surface area contributed by atoms with Gasteiger partial charge in [-0.05, 0) is 61.7 Å². The van der Waals surface area contributed by atoms with Crippen molar-refractivity contribution in [2.24, 2.45) is 23.2 Å². The minimum Gasteiger partial charge on any atom is -0.313 e. The van der Waals surface area contributed by atoms with E-state index in [0.29, 0.717) is 5.41 Å². The van der Waals surface area contributed by atoms with Crippen molar-refractivity contribution in [1.29, 1.82) is 0 Å². The highest BCUT2D eigenvalue weighted by Gasteiger charge is 2.50. The van der Waals surface area contributed by atoms with Gasteiger partial charge in [0.1, 0.15) is 0 Å². The van der Waals surface area contributed by atoms with Gasteiger partial charge in [-0.25, -0.2) is 0 Å². The van der Waals surface area contributed by atoms with Crippen molar-refractivity contribution in [1.82, 2.24) is 5.32 Å². The van der Waals surface area contributed by atoms with E-state index in [-0.39, 0.29) is 0 Å². The summed E-state index contributed by atoms with van der Waals surface area (Å²) in [6.45, 7) is 6.15. The van der Waals surface area contributed by atoms with Gasteiger partial charge in [-0.3, -0.25) is 0 Å². The minimum absolute atomic E-state index is 0.694. The fourth-order valence-electron chi connectivity index (χ4n) is 4.54. The summed E-state index contributed by atoms with van der Waals surface area (Å²) < 4.78 is 0. The van der Waals surface area contributed by atoms with Crippen LogP contribution in [0, 0.1) is 23.2 Å². The third-order valence-corrected chi connectivity index (χ3v) is 5.24. The van der Waals surface area contributed by atoms with Crippen LogP contribution in [0.5, 0.6) is 0 Å². The third-order valence-electron chi connectivity index (χ3n) is 5.24. The molecule has 0 amide bonds. The summed E-state index contributed by atoms with van der Waals surface area (Å²) in [5.41, 5.74) is 0.694. The summed E-state index contributed by atoms with van der Waals surface area (Å²) >= 11 is 0. The average Bonchev–Trinajstić information content (AvgIpc) is 2.85. The first-order chi connectivity index (χ1) is 7.68. The molecule has 0 aromatic rings. The molecule has 1 nitrogen and oxygen atoms in total. The van der Waals surface area contributed by atoms with E-state index in [1.165, 1.54) is 45.1 Å². The van der Waals surface area contributed by atoms with Crippen LogP contribution in [0.3, 0.4) is 0 Å². The van der Waals surface area contributed by atoms with Gasteiger partial charge >= 0.3 is 0 Å². The Morgan fingerprint density at radius 1 is 1.19 bits per heavy atom. The van der Waals surface area contributed by atoms with Gasteiger partial charge in [0.25, 0.3) is 0 Å². The lowest BCUT2D eigenvalue weighted by atomic mass is 9.68. The van der Waals surface area contributed by atoms with Crippen LogP contribution in [0.2, 0.25) is 0 Å². The van der Waals surface area contributed by atoms with E-state index in [4.69, 9.17) is 0 Å².